The maximum absolute atomic E-state index is 13.1. The Morgan fingerprint density at radius 3 is 2.59 bits per heavy atom. The van der Waals surface area contributed by atoms with Crippen LogP contribution < -0.4 is 10.6 Å². The van der Waals surface area contributed by atoms with E-state index in [4.69, 9.17) is 4.74 Å². The van der Waals surface area contributed by atoms with E-state index in [-0.39, 0.29) is 23.0 Å². The van der Waals surface area contributed by atoms with Gasteiger partial charge in [0.2, 0.25) is 11.8 Å². The fourth-order valence-corrected chi connectivity index (χ4v) is 6.20. The highest BCUT2D eigenvalue weighted by Gasteiger charge is 2.27. The number of ether oxygens (including phenoxy) is 1. The Balaban J connectivity index is 1.74. The third-order valence-electron chi connectivity index (χ3n) is 5.66. The lowest BCUT2D eigenvalue weighted by atomic mass is 9.96. The third kappa shape index (κ3) is 7.09. The number of aryl methyl sites for hydroxylation is 1. The van der Waals surface area contributed by atoms with Gasteiger partial charge in [-0.2, -0.15) is 0 Å². The SMILES string of the molecule is CCCC(=O)Nc1cccc(SC(C)C(=O)Nc2sc3c(c2C(=O)OCC)CCCCCC3)c1. The summed E-state index contributed by atoms with van der Waals surface area (Å²) >= 11 is 2.93. The molecular formula is C26H34N2O4S2. The minimum Gasteiger partial charge on any atom is -0.462 e. The van der Waals surface area contributed by atoms with Crippen molar-refractivity contribution in [3.8, 4) is 0 Å². The number of esters is 1. The number of carbonyl (C=O) groups is 3. The predicted molar refractivity (Wildman–Crippen MR) is 140 cm³/mol. The van der Waals surface area contributed by atoms with E-state index in [1.54, 1.807) is 6.92 Å². The van der Waals surface area contributed by atoms with Crippen molar-refractivity contribution < 1.29 is 19.1 Å². The van der Waals surface area contributed by atoms with Gasteiger partial charge in [-0.3, -0.25) is 9.59 Å². The molecule has 0 fully saturated rings. The maximum Gasteiger partial charge on any atom is 0.341 e. The monoisotopic (exact) mass is 502 g/mol. The lowest BCUT2D eigenvalue weighted by molar-refractivity contribution is -0.116. The second kappa shape index (κ2) is 13.0. The molecule has 0 saturated heterocycles. The highest BCUT2D eigenvalue weighted by Crippen LogP contribution is 2.38. The number of carbonyl (C=O) groups excluding carboxylic acids is 3. The molecule has 2 aromatic rings. The van der Waals surface area contributed by atoms with E-state index in [1.165, 1.54) is 34.4 Å². The molecule has 2 amide bonds. The number of hydrogen-bond donors (Lipinski definition) is 2. The van der Waals surface area contributed by atoms with Crippen LogP contribution in [-0.2, 0) is 27.2 Å². The standard InChI is InChI=1S/C26H34N2O4S2/c1-4-11-22(29)27-18-12-10-13-19(16-18)33-17(3)24(30)28-25-23(26(31)32-5-2)20-14-8-6-7-9-15-21(20)34-25/h10,12-13,16-17H,4-9,11,14-15H2,1-3H3,(H,27,29)(H,28,30). The number of amides is 2. The normalized spacial score (nSPS) is 14.3. The molecule has 34 heavy (non-hydrogen) atoms. The van der Waals surface area contributed by atoms with Crippen LogP contribution in [0, 0.1) is 0 Å². The van der Waals surface area contributed by atoms with Gasteiger partial charge in [-0.1, -0.05) is 25.8 Å². The summed E-state index contributed by atoms with van der Waals surface area (Å²) in [6.45, 7) is 5.90. The minimum absolute atomic E-state index is 0.0183. The first-order chi connectivity index (χ1) is 16.4. The molecule has 0 bridgehead atoms. The summed E-state index contributed by atoms with van der Waals surface area (Å²) in [6.07, 6.45) is 7.53. The van der Waals surface area contributed by atoms with Crippen molar-refractivity contribution >= 4 is 51.6 Å². The third-order valence-corrected chi connectivity index (χ3v) is 7.97. The predicted octanol–water partition coefficient (Wildman–Crippen LogP) is 6.44. The molecule has 1 aliphatic rings. The van der Waals surface area contributed by atoms with Crippen molar-refractivity contribution in [2.24, 2.45) is 0 Å². The fraction of sp³-hybridized carbons (Fsp3) is 0.500. The molecule has 8 heteroatoms. The molecule has 1 aromatic heterocycles. The quantitative estimate of drug-likeness (QED) is 0.304. The second-order valence-electron chi connectivity index (χ2n) is 8.42. The van der Waals surface area contributed by atoms with Gasteiger partial charge in [0.05, 0.1) is 17.4 Å². The zero-order valence-electron chi connectivity index (χ0n) is 20.2. The van der Waals surface area contributed by atoms with Crippen LogP contribution in [0.25, 0.3) is 0 Å². The summed E-state index contributed by atoms with van der Waals surface area (Å²) in [5, 5.41) is 6.13. The van der Waals surface area contributed by atoms with Crippen LogP contribution in [0.15, 0.2) is 29.2 Å². The lowest BCUT2D eigenvalue weighted by Gasteiger charge is -2.14. The Kier molecular flexibility index (Phi) is 10.0. The molecule has 6 nitrogen and oxygen atoms in total. The molecule has 3 rings (SSSR count). The van der Waals surface area contributed by atoms with Gasteiger partial charge in [-0.05, 0) is 69.7 Å². The molecule has 1 aliphatic carbocycles. The number of rotatable bonds is 9. The van der Waals surface area contributed by atoms with E-state index in [9.17, 15) is 14.4 Å². The second-order valence-corrected chi connectivity index (χ2v) is 10.9. The summed E-state index contributed by atoms with van der Waals surface area (Å²) in [5.41, 5.74) is 2.31. The van der Waals surface area contributed by atoms with Gasteiger partial charge in [0.25, 0.3) is 0 Å². The number of hydrogen-bond acceptors (Lipinski definition) is 6. The summed E-state index contributed by atoms with van der Waals surface area (Å²) in [6, 6.07) is 7.51. The van der Waals surface area contributed by atoms with Crippen molar-refractivity contribution in [2.75, 3.05) is 17.2 Å². The zero-order valence-corrected chi connectivity index (χ0v) is 21.8. The van der Waals surface area contributed by atoms with Gasteiger partial charge in [0.15, 0.2) is 0 Å². The van der Waals surface area contributed by atoms with E-state index in [0.717, 1.165) is 54.7 Å². The number of thioether (sulfide) groups is 1. The van der Waals surface area contributed by atoms with Gasteiger partial charge in [-0.15, -0.1) is 23.1 Å². The van der Waals surface area contributed by atoms with Crippen LogP contribution in [0.3, 0.4) is 0 Å². The van der Waals surface area contributed by atoms with Crippen molar-refractivity contribution in [1.82, 2.24) is 0 Å². The Bertz CT molecular complexity index is 1020. The molecule has 0 aliphatic heterocycles. The summed E-state index contributed by atoms with van der Waals surface area (Å²) in [7, 11) is 0. The molecule has 1 unspecified atom stereocenters. The summed E-state index contributed by atoms with van der Waals surface area (Å²) in [5.74, 6) is -0.535. The topological polar surface area (TPSA) is 84.5 Å². The first kappa shape index (κ1) is 26.3. The van der Waals surface area contributed by atoms with Crippen molar-refractivity contribution in [3.05, 3.63) is 40.3 Å². The maximum atomic E-state index is 13.1. The Labute approximate surface area is 210 Å². The average molecular weight is 503 g/mol. The Hall–Kier alpha value is -2.32. The molecule has 0 saturated carbocycles. The Morgan fingerprint density at radius 2 is 1.85 bits per heavy atom. The van der Waals surface area contributed by atoms with Crippen LogP contribution in [0.4, 0.5) is 10.7 Å². The molecule has 1 heterocycles. The van der Waals surface area contributed by atoms with Crippen LogP contribution in [0.5, 0.6) is 0 Å². The van der Waals surface area contributed by atoms with Gasteiger partial charge in [0.1, 0.15) is 5.00 Å². The summed E-state index contributed by atoms with van der Waals surface area (Å²) in [4.78, 5) is 39.9. The van der Waals surface area contributed by atoms with Crippen molar-refractivity contribution in [2.45, 2.75) is 82.3 Å². The number of nitrogens with one attached hydrogen (secondary N) is 2. The van der Waals surface area contributed by atoms with Crippen LogP contribution >= 0.6 is 23.1 Å². The van der Waals surface area contributed by atoms with E-state index >= 15 is 0 Å². The van der Waals surface area contributed by atoms with Gasteiger partial charge < -0.3 is 15.4 Å². The first-order valence-corrected chi connectivity index (χ1v) is 13.8. The largest absolute Gasteiger partial charge is 0.462 e. The van der Waals surface area contributed by atoms with Crippen LogP contribution in [0.1, 0.15) is 80.1 Å². The molecule has 1 atom stereocenters. The first-order valence-electron chi connectivity index (χ1n) is 12.1. The zero-order chi connectivity index (χ0) is 24.5. The highest BCUT2D eigenvalue weighted by molar-refractivity contribution is 8.00. The van der Waals surface area contributed by atoms with Crippen molar-refractivity contribution in [3.63, 3.8) is 0 Å². The van der Waals surface area contributed by atoms with Gasteiger partial charge >= 0.3 is 5.97 Å². The van der Waals surface area contributed by atoms with Crippen LogP contribution in [-0.4, -0.2) is 29.6 Å². The van der Waals surface area contributed by atoms with Gasteiger partial charge in [-0.25, -0.2) is 4.79 Å². The van der Waals surface area contributed by atoms with E-state index in [0.29, 0.717) is 23.6 Å². The molecular weight excluding hydrogens is 468 g/mol. The van der Waals surface area contributed by atoms with E-state index in [1.807, 2.05) is 38.1 Å². The highest BCUT2D eigenvalue weighted by atomic mass is 32.2. The molecule has 0 radical (unpaired) electrons. The smallest absolute Gasteiger partial charge is 0.341 e. The molecule has 1 aromatic carbocycles. The number of benzene rings is 1. The number of thiophene rings is 1. The molecule has 2 N–H and O–H groups in total. The van der Waals surface area contributed by atoms with Gasteiger partial charge in [0, 0.05) is 21.9 Å². The molecule has 0 spiro atoms. The number of anilines is 2. The van der Waals surface area contributed by atoms with E-state index < -0.39 is 0 Å². The number of fused-ring (bicyclic) bond motifs is 1. The minimum atomic E-state index is -0.388. The fourth-order valence-electron chi connectivity index (χ4n) is 4.00. The Morgan fingerprint density at radius 1 is 1.09 bits per heavy atom. The molecule has 184 valence electrons. The lowest BCUT2D eigenvalue weighted by Crippen LogP contribution is -2.23. The summed E-state index contributed by atoms with van der Waals surface area (Å²) < 4.78 is 5.34. The average Bonchev–Trinajstić information content (AvgIpc) is 3.10. The van der Waals surface area contributed by atoms with Crippen molar-refractivity contribution in [1.29, 1.82) is 0 Å². The van der Waals surface area contributed by atoms with E-state index in [2.05, 4.69) is 10.6 Å². The van der Waals surface area contributed by atoms with Crippen LogP contribution in [0.2, 0.25) is 0 Å².